The third kappa shape index (κ3) is 7.74. The van der Waals surface area contributed by atoms with Crippen LogP contribution in [0.1, 0.15) is 70.9 Å². The number of rotatable bonds is 11. The highest BCUT2D eigenvalue weighted by Gasteiger charge is 2.34. The second-order valence-electron chi connectivity index (χ2n) is 10.2. The van der Waals surface area contributed by atoms with E-state index in [1.165, 1.54) is 16.0 Å². The van der Waals surface area contributed by atoms with Gasteiger partial charge in [0.15, 0.2) is 0 Å². The van der Waals surface area contributed by atoms with E-state index in [0.717, 1.165) is 57.3 Å². The Labute approximate surface area is 217 Å². The highest BCUT2D eigenvalue weighted by atomic mass is 16.6. The van der Waals surface area contributed by atoms with Gasteiger partial charge >= 0.3 is 12.1 Å². The summed E-state index contributed by atoms with van der Waals surface area (Å²) in [5.41, 5.74) is 4.31. The highest BCUT2D eigenvalue weighted by molar-refractivity contribution is 5.99. The number of anilines is 2. The Kier molecular flexibility index (Phi) is 10.6. The Morgan fingerprint density at radius 1 is 0.972 bits per heavy atom. The average Bonchev–Trinajstić information content (AvgIpc) is 2.88. The minimum absolute atomic E-state index is 0.196. The van der Waals surface area contributed by atoms with E-state index in [0.29, 0.717) is 12.1 Å². The van der Waals surface area contributed by atoms with Crippen molar-refractivity contribution in [1.29, 1.82) is 0 Å². The van der Waals surface area contributed by atoms with Crippen LogP contribution in [0.3, 0.4) is 0 Å². The number of hydrogen-bond acceptors (Lipinski definition) is 4. The second-order valence-corrected chi connectivity index (χ2v) is 10.2. The van der Waals surface area contributed by atoms with Gasteiger partial charge in [-0.05, 0) is 73.4 Å². The molecule has 3 amide bonds. The van der Waals surface area contributed by atoms with Crippen LogP contribution in [0, 0.1) is 5.92 Å². The number of ether oxygens (including phenoxy) is 1. The van der Waals surface area contributed by atoms with Gasteiger partial charge in [-0.2, -0.15) is 0 Å². The molecule has 0 radical (unpaired) electrons. The number of nitrogens with zero attached hydrogens (tertiary/aromatic N) is 2. The molecule has 1 N–H and O–H groups in total. The van der Waals surface area contributed by atoms with Gasteiger partial charge < -0.3 is 15.0 Å². The molecule has 3 rings (SSSR count). The summed E-state index contributed by atoms with van der Waals surface area (Å²) in [6.45, 7) is 10.7. The Bertz CT molecular complexity index is 966. The number of benzene rings is 2. The van der Waals surface area contributed by atoms with Crippen LogP contribution >= 0.6 is 0 Å². The van der Waals surface area contributed by atoms with Gasteiger partial charge in [-0.1, -0.05) is 64.8 Å². The molecule has 2 aromatic carbocycles. The Morgan fingerprint density at radius 2 is 1.61 bits per heavy atom. The number of aryl methyl sites for hydroxylation is 1. The molecule has 0 heterocycles. The molecule has 0 fully saturated rings. The van der Waals surface area contributed by atoms with Crippen molar-refractivity contribution in [2.75, 3.05) is 29.9 Å². The van der Waals surface area contributed by atoms with Crippen molar-refractivity contribution in [2.45, 2.75) is 78.7 Å². The molecule has 0 saturated heterocycles. The number of nitrogens with one attached hydrogen (secondary N) is 1. The number of carbonyl (C=O) groups excluding carboxylic acids is 2. The van der Waals surface area contributed by atoms with Crippen molar-refractivity contribution in [2.24, 2.45) is 5.92 Å². The summed E-state index contributed by atoms with van der Waals surface area (Å²) in [4.78, 5) is 30.2. The Hall–Kier alpha value is -3.02. The number of urea groups is 1. The normalized spacial score (nSPS) is 14.8. The van der Waals surface area contributed by atoms with Crippen LogP contribution in [0.5, 0.6) is 0 Å². The van der Waals surface area contributed by atoms with E-state index < -0.39 is 12.1 Å². The molecule has 6 nitrogen and oxygen atoms in total. The molecule has 196 valence electrons. The van der Waals surface area contributed by atoms with E-state index in [-0.39, 0.29) is 18.6 Å². The summed E-state index contributed by atoms with van der Waals surface area (Å²) in [6.07, 6.45) is 6.25. The minimum Gasteiger partial charge on any atom is -0.449 e. The van der Waals surface area contributed by atoms with Crippen LogP contribution in [0.2, 0.25) is 0 Å². The molecule has 0 aromatic heterocycles. The van der Waals surface area contributed by atoms with Gasteiger partial charge in [0, 0.05) is 30.5 Å². The molecule has 6 heteroatoms. The summed E-state index contributed by atoms with van der Waals surface area (Å²) in [6, 6.07) is 15.5. The molecular weight excluding hydrogens is 450 g/mol. The molecular formula is C30H43N3O3. The Balaban J connectivity index is 1.73. The fraction of sp³-hybridized carbons (Fsp3) is 0.533. The number of carbonyl (C=O) groups is 2. The number of fused-ring (bicyclic) bond motifs is 1. The maximum atomic E-state index is 13.4. The van der Waals surface area contributed by atoms with Crippen LogP contribution in [0.15, 0.2) is 48.5 Å². The number of unbranched alkanes of at least 4 members (excludes halogenated alkanes) is 2. The van der Waals surface area contributed by atoms with E-state index in [1.807, 2.05) is 38.1 Å². The second kappa shape index (κ2) is 13.9. The summed E-state index contributed by atoms with van der Waals surface area (Å²) < 4.78 is 5.51. The molecule has 1 unspecified atom stereocenters. The molecule has 1 atom stereocenters. The molecule has 0 spiro atoms. The molecule has 1 aliphatic rings. The third-order valence-electron chi connectivity index (χ3n) is 6.69. The van der Waals surface area contributed by atoms with Gasteiger partial charge in [0.25, 0.3) is 0 Å². The van der Waals surface area contributed by atoms with Gasteiger partial charge in [0.1, 0.15) is 0 Å². The van der Waals surface area contributed by atoms with Crippen molar-refractivity contribution in [3.05, 3.63) is 59.7 Å². The van der Waals surface area contributed by atoms with Crippen LogP contribution in [-0.2, 0) is 17.6 Å². The topological polar surface area (TPSA) is 61.9 Å². The van der Waals surface area contributed by atoms with Crippen LogP contribution in [-0.4, -0.2) is 42.8 Å². The quantitative estimate of drug-likeness (QED) is 0.357. The first-order valence-corrected chi connectivity index (χ1v) is 13.6. The van der Waals surface area contributed by atoms with E-state index in [4.69, 9.17) is 4.74 Å². The smallest absolute Gasteiger partial charge is 0.418 e. The van der Waals surface area contributed by atoms with Gasteiger partial charge in [-0.15, -0.1) is 0 Å². The van der Waals surface area contributed by atoms with Crippen molar-refractivity contribution >= 4 is 23.5 Å². The largest absolute Gasteiger partial charge is 0.449 e. The third-order valence-corrected chi connectivity index (χ3v) is 6.69. The van der Waals surface area contributed by atoms with Crippen LogP contribution in [0.4, 0.5) is 21.0 Å². The van der Waals surface area contributed by atoms with E-state index in [1.54, 1.807) is 0 Å². The van der Waals surface area contributed by atoms with Gasteiger partial charge in [0.05, 0.1) is 6.61 Å². The Morgan fingerprint density at radius 3 is 2.22 bits per heavy atom. The maximum absolute atomic E-state index is 13.4. The highest BCUT2D eigenvalue weighted by Crippen LogP contribution is 2.26. The molecule has 0 saturated carbocycles. The molecule has 36 heavy (non-hydrogen) atoms. The lowest BCUT2D eigenvalue weighted by molar-refractivity contribution is 0.0882. The van der Waals surface area contributed by atoms with Gasteiger partial charge in [-0.25, -0.2) is 14.5 Å². The SMILES string of the molecule is CCCCN(CCCC)c1ccc(NC(=O)N(C(=O)OCC(C)C)C2CCc3ccccc3C2)cc1. The standard InChI is InChI=1S/C30H43N3O3/c1-5-7-19-32(20-8-6-2)27-17-14-26(15-18-27)31-29(34)33(30(35)36-22-23(3)4)28-16-13-24-11-9-10-12-25(24)21-28/h9-12,14-15,17-18,23,28H,5-8,13,16,19-22H2,1-4H3,(H,31,34). The first-order chi connectivity index (χ1) is 17.4. The van der Waals surface area contributed by atoms with E-state index >= 15 is 0 Å². The molecule has 2 aromatic rings. The van der Waals surface area contributed by atoms with Crippen LogP contribution < -0.4 is 10.2 Å². The summed E-state index contributed by atoms with van der Waals surface area (Å²) in [5, 5.41) is 2.95. The number of imide groups is 1. The average molecular weight is 494 g/mol. The first kappa shape index (κ1) is 27.6. The first-order valence-electron chi connectivity index (χ1n) is 13.6. The predicted octanol–water partition coefficient (Wildman–Crippen LogP) is 7.28. The van der Waals surface area contributed by atoms with Crippen molar-refractivity contribution in [3.8, 4) is 0 Å². The minimum atomic E-state index is -0.576. The lowest BCUT2D eigenvalue weighted by Crippen LogP contribution is -2.49. The summed E-state index contributed by atoms with van der Waals surface area (Å²) >= 11 is 0. The molecule has 0 bridgehead atoms. The van der Waals surface area contributed by atoms with Crippen molar-refractivity contribution < 1.29 is 14.3 Å². The number of amides is 3. The zero-order chi connectivity index (χ0) is 25.9. The fourth-order valence-corrected chi connectivity index (χ4v) is 4.61. The summed E-state index contributed by atoms with van der Waals surface area (Å²) in [5.74, 6) is 0.196. The number of hydrogen-bond donors (Lipinski definition) is 1. The fourth-order valence-electron chi connectivity index (χ4n) is 4.61. The van der Waals surface area contributed by atoms with E-state index in [2.05, 4.69) is 48.3 Å². The van der Waals surface area contributed by atoms with Gasteiger partial charge in [-0.3, -0.25) is 0 Å². The zero-order valence-electron chi connectivity index (χ0n) is 22.5. The lowest BCUT2D eigenvalue weighted by atomic mass is 9.88. The van der Waals surface area contributed by atoms with Gasteiger partial charge in [0.2, 0.25) is 0 Å². The maximum Gasteiger partial charge on any atom is 0.418 e. The molecule has 0 aliphatic heterocycles. The zero-order valence-corrected chi connectivity index (χ0v) is 22.5. The molecule has 1 aliphatic carbocycles. The monoisotopic (exact) mass is 493 g/mol. The lowest BCUT2D eigenvalue weighted by Gasteiger charge is -2.33. The predicted molar refractivity (Wildman–Crippen MR) is 148 cm³/mol. The van der Waals surface area contributed by atoms with E-state index in [9.17, 15) is 9.59 Å². The van der Waals surface area contributed by atoms with Crippen molar-refractivity contribution in [1.82, 2.24) is 4.90 Å². The van der Waals surface area contributed by atoms with Crippen LogP contribution in [0.25, 0.3) is 0 Å². The van der Waals surface area contributed by atoms with Crippen molar-refractivity contribution in [3.63, 3.8) is 0 Å². The summed E-state index contributed by atoms with van der Waals surface area (Å²) in [7, 11) is 0.